The second-order valence-electron chi connectivity index (χ2n) is 3.51. The van der Waals surface area contributed by atoms with E-state index in [-0.39, 0.29) is 12.5 Å². The number of carbonyl (C=O) groups is 1. The molecular formula is C8H16N2O3. The lowest BCUT2D eigenvalue weighted by Gasteiger charge is -2.05. The topological polar surface area (TPSA) is 95.6 Å². The lowest BCUT2D eigenvalue weighted by atomic mass is 10.2. The van der Waals surface area contributed by atoms with Crippen molar-refractivity contribution in [1.29, 1.82) is 0 Å². The Bertz CT molecular complexity index is 198. The molecule has 0 unspecified atom stereocenters. The highest BCUT2D eigenvalue weighted by atomic mass is 16.4. The van der Waals surface area contributed by atoms with Crippen molar-refractivity contribution in [1.82, 2.24) is 5.32 Å². The third kappa shape index (κ3) is 2.40. The Hall–Kier alpha value is -0.650. The fraction of sp³-hybridized carbons (Fsp3) is 0.875. The fourth-order valence-corrected chi connectivity index (χ4v) is 1.45. The first-order valence-electron chi connectivity index (χ1n) is 4.45. The monoisotopic (exact) mass is 188 g/mol. The molecule has 0 radical (unpaired) electrons. The van der Waals surface area contributed by atoms with Crippen molar-refractivity contribution < 1.29 is 15.0 Å². The summed E-state index contributed by atoms with van der Waals surface area (Å²) in [5, 5.41) is 20.1. The summed E-state index contributed by atoms with van der Waals surface area (Å²) < 4.78 is 0. The van der Waals surface area contributed by atoms with Gasteiger partial charge in [0.2, 0.25) is 0 Å². The largest absolute Gasteiger partial charge is 0.480 e. The molecule has 0 aromatic carbocycles. The van der Waals surface area contributed by atoms with E-state index < -0.39 is 11.5 Å². The first kappa shape index (κ1) is 10.4. The van der Waals surface area contributed by atoms with E-state index in [1.165, 1.54) is 0 Å². The van der Waals surface area contributed by atoms with Gasteiger partial charge in [-0.05, 0) is 25.3 Å². The van der Waals surface area contributed by atoms with Gasteiger partial charge in [-0.3, -0.25) is 4.79 Å². The molecule has 0 bridgehead atoms. The molecule has 0 aliphatic heterocycles. The van der Waals surface area contributed by atoms with Gasteiger partial charge in [-0.2, -0.15) is 0 Å². The minimum Gasteiger partial charge on any atom is -0.480 e. The molecular weight excluding hydrogens is 172 g/mol. The van der Waals surface area contributed by atoms with E-state index in [1.807, 2.05) is 0 Å². The predicted octanol–water partition coefficient (Wildman–Crippen LogP) is -1.24. The van der Waals surface area contributed by atoms with Crippen LogP contribution in [0.1, 0.15) is 12.8 Å². The van der Waals surface area contributed by atoms with Crippen molar-refractivity contribution in [3.63, 3.8) is 0 Å². The third-order valence-electron chi connectivity index (χ3n) is 2.51. The number of aliphatic hydroxyl groups excluding tert-OH is 1. The summed E-state index contributed by atoms with van der Waals surface area (Å²) in [6.07, 6.45) is 1.34. The molecule has 5 heteroatoms. The third-order valence-corrected chi connectivity index (χ3v) is 2.51. The summed E-state index contributed by atoms with van der Waals surface area (Å²) >= 11 is 0. The molecule has 0 spiro atoms. The number of carboxylic acids is 1. The van der Waals surface area contributed by atoms with Crippen LogP contribution < -0.4 is 11.1 Å². The maximum absolute atomic E-state index is 10.6. The van der Waals surface area contributed by atoms with E-state index in [9.17, 15) is 4.79 Å². The number of carboxylic acid groups (broad SMARTS) is 1. The van der Waals surface area contributed by atoms with Crippen LogP contribution in [-0.2, 0) is 4.79 Å². The minimum absolute atomic E-state index is 0.0937. The second kappa shape index (κ2) is 4.04. The van der Waals surface area contributed by atoms with Gasteiger partial charge in [0.25, 0.3) is 0 Å². The molecule has 1 aliphatic carbocycles. The van der Waals surface area contributed by atoms with Gasteiger partial charge >= 0.3 is 5.97 Å². The maximum atomic E-state index is 10.6. The van der Waals surface area contributed by atoms with Crippen molar-refractivity contribution in [3.8, 4) is 0 Å². The molecule has 0 heterocycles. The number of aliphatic hydroxyl groups is 1. The summed E-state index contributed by atoms with van der Waals surface area (Å²) in [6.45, 7) is 1.38. The quantitative estimate of drug-likeness (QED) is 0.391. The molecule has 0 saturated heterocycles. The molecule has 1 saturated carbocycles. The Kier molecular flexibility index (Phi) is 3.24. The summed E-state index contributed by atoms with van der Waals surface area (Å²) in [7, 11) is 0. The average molecular weight is 188 g/mol. The van der Waals surface area contributed by atoms with Crippen molar-refractivity contribution in [2.75, 3.05) is 19.7 Å². The maximum Gasteiger partial charge on any atom is 0.323 e. The van der Waals surface area contributed by atoms with Gasteiger partial charge in [-0.15, -0.1) is 0 Å². The van der Waals surface area contributed by atoms with Crippen LogP contribution in [0.5, 0.6) is 0 Å². The van der Waals surface area contributed by atoms with Crippen LogP contribution in [0.15, 0.2) is 0 Å². The van der Waals surface area contributed by atoms with E-state index in [1.54, 1.807) is 0 Å². The van der Waals surface area contributed by atoms with Gasteiger partial charge in [0, 0.05) is 6.54 Å². The lowest BCUT2D eigenvalue weighted by molar-refractivity contribution is -0.140. The first-order valence-corrected chi connectivity index (χ1v) is 4.45. The van der Waals surface area contributed by atoms with Crippen molar-refractivity contribution in [2.45, 2.75) is 18.4 Å². The fourth-order valence-electron chi connectivity index (χ4n) is 1.45. The highest BCUT2D eigenvalue weighted by molar-refractivity contribution is 5.82. The lowest BCUT2D eigenvalue weighted by Crippen LogP contribution is -2.35. The Balaban J connectivity index is 2.10. The van der Waals surface area contributed by atoms with Crippen molar-refractivity contribution >= 4 is 5.97 Å². The zero-order valence-corrected chi connectivity index (χ0v) is 7.49. The minimum atomic E-state index is -0.971. The van der Waals surface area contributed by atoms with Gasteiger partial charge in [0.05, 0.1) is 6.61 Å². The molecule has 1 aliphatic rings. The van der Waals surface area contributed by atoms with Crippen LogP contribution in [0.25, 0.3) is 0 Å². The van der Waals surface area contributed by atoms with Gasteiger partial charge in [0.15, 0.2) is 0 Å². The second-order valence-corrected chi connectivity index (χ2v) is 3.51. The number of hydrogen-bond donors (Lipinski definition) is 4. The molecule has 0 aromatic heterocycles. The van der Waals surface area contributed by atoms with E-state index in [2.05, 4.69) is 5.32 Å². The Morgan fingerprint density at radius 3 is 2.77 bits per heavy atom. The van der Waals surface area contributed by atoms with Crippen LogP contribution in [-0.4, -0.2) is 41.4 Å². The zero-order chi connectivity index (χ0) is 9.90. The number of nitrogens with one attached hydrogen (secondary N) is 1. The number of rotatable bonds is 6. The highest BCUT2D eigenvalue weighted by Crippen LogP contribution is 2.43. The van der Waals surface area contributed by atoms with E-state index in [0.717, 1.165) is 13.0 Å². The van der Waals surface area contributed by atoms with Crippen LogP contribution >= 0.6 is 0 Å². The zero-order valence-electron chi connectivity index (χ0n) is 7.49. The first-order chi connectivity index (χ1) is 6.11. The van der Waals surface area contributed by atoms with Gasteiger partial charge in [0.1, 0.15) is 5.54 Å². The molecule has 76 valence electrons. The SMILES string of the molecule is N[C@]1(C(=O)O)C[C@H]1CCNCCO. The summed E-state index contributed by atoms with van der Waals surface area (Å²) in [4.78, 5) is 10.6. The molecule has 2 atom stereocenters. The number of aliphatic carboxylic acids is 1. The van der Waals surface area contributed by atoms with Crippen LogP contribution in [0, 0.1) is 5.92 Å². The van der Waals surface area contributed by atoms with Gasteiger partial charge in [-0.1, -0.05) is 0 Å². The Morgan fingerprint density at radius 1 is 1.62 bits per heavy atom. The Labute approximate surface area is 76.9 Å². The molecule has 0 aromatic rings. The van der Waals surface area contributed by atoms with Crippen molar-refractivity contribution in [3.05, 3.63) is 0 Å². The average Bonchev–Trinajstić information content (AvgIpc) is 2.73. The van der Waals surface area contributed by atoms with Crippen LogP contribution in [0.4, 0.5) is 0 Å². The summed E-state index contributed by atoms with van der Waals surface area (Å²) in [5.74, 6) is -0.809. The van der Waals surface area contributed by atoms with Gasteiger partial charge in [-0.25, -0.2) is 0 Å². The molecule has 0 amide bonds. The summed E-state index contributed by atoms with van der Waals surface area (Å²) in [6, 6.07) is 0. The molecule has 1 fully saturated rings. The molecule has 1 rings (SSSR count). The van der Waals surface area contributed by atoms with Crippen molar-refractivity contribution in [2.24, 2.45) is 11.7 Å². The number of nitrogens with two attached hydrogens (primary N) is 1. The molecule has 13 heavy (non-hydrogen) atoms. The van der Waals surface area contributed by atoms with E-state index in [4.69, 9.17) is 15.9 Å². The van der Waals surface area contributed by atoms with Crippen LogP contribution in [0.3, 0.4) is 0 Å². The van der Waals surface area contributed by atoms with Crippen LogP contribution in [0.2, 0.25) is 0 Å². The standard InChI is InChI=1S/C8H16N2O3/c9-8(7(12)13)5-6(8)1-2-10-3-4-11/h6,10-11H,1-5,9H2,(H,12,13)/t6-,8-/m1/s1. The molecule has 5 nitrogen and oxygen atoms in total. The van der Waals surface area contributed by atoms with E-state index >= 15 is 0 Å². The Morgan fingerprint density at radius 2 is 2.31 bits per heavy atom. The highest BCUT2D eigenvalue weighted by Gasteiger charge is 2.56. The number of hydrogen-bond acceptors (Lipinski definition) is 4. The smallest absolute Gasteiger partial charge is 0.323 e. The molecule has 5 N–H and O–H groups in total. The van der Waals surface area contributed by atoms with Gasteiger partial charge < -0.3 is 21.3 Å². The summed E-state index contributed by atoms with van der Waals surface area (Å²) in [5.41, 5.74) is 4.60. The van der Waals surface area contributed by atoms with E-state index in [0.29, 0.717) is 13.0 Å². The normalized spacial score (nSPS) is 31.7. The predicted molar refractivity (Wildman–Crippen MR) is 47.2 cm³/mol.